The van der Waals surface area contributed by atoms with Crippen molar-refractivity contribution in [2.24, 2.45) is 0 Å². The first-order chi connectivity index (χ1) is 8.97. The minimum Gasteiger partial charge on any atom is -0.481 e. The van der Waals surface area contributed by atoms with E-state index in [0.717, 1.165) is 0 Å². The number of hydrogen-bond donors (Lipinski definition) is 3. The Bertz CT molecular complexity index is 697. The van der Waals surface area contributed by atoms with E-state index in [-0.39, 0.29) is 17.2 Å². The Hall–Kier alpha value is -2.34. The number of nitrogen functional groups attached to an aromatic ring is 1. The topological polar surface area (TPSA) is 109 Å². The first-order valence-electron chi connectivity index (χ1n) is 5.34. The van der Waals surface area contributed by atoms with Crippen LogP contribution in [0.15, 0.2) is 29.1 Å². The van der Waals surface area contributed by atoms with E-state index in [2.05, 4.69) is 9.97 Å². The lowest BCUT2D eigenvalue weighted by atomic mass is 10.2. The molecule has 0 aliphatic rings. The zero-order valence-electron chi connectivity index (χ0n) is 9.68. The molecule has 98 valence electrons. The summed E-state index contributed by atoms with van der Waals surface area (Å²) in [5.74, 6) is -0.991. The second-order valence-electron chi connectivity index (χ2n) is 3.86. The standard InChI is InChI=1S/C12H10ClN3O3/c13-7-3-1-2-6(4-7)11-15-10(14)8(5-9(17)18)12(19)16-11/h1-4H,5H2,(H,17,18)(H3,14,15,16,19). The molecule has 0 radical (unpaired) electrons. The molecule has 0 amide bonds. The highest BCUT2D eigenvalue weighted by Crippen LogP contribution is 2.19. The maximum Gasteiger partial charge on any atom is 0.308 e. The fourth-order valence-electron chi connectivity index (χ4n) is 1.61. The van der Waals surface area contributed by atoms with Crippen LogP contribution in [0.2, 0.25) is 5.02 Å². The minimum absolute atomic E-state index is 0.0571. The van der Waals surface area contributed by atoms with Crippen LogP contribution in [-0.2, 0) is 11.2 Å². The van der Waals surface area contributed by atoms with E-state index in [9.17, 15) is 9.59 Å². The molecule has 0 fully saturated rings. The van der Waals surface area contributed by atoms with Crippen molar-refractivity contribution < 1.29 is 9.90 Å². The van der Waals surface area contributed by atoms with Gasteiger partial charge in [-0.2, -0.15) is 0 Å². The van der Waals surface area contributed by atoms with E-state index < -0.39 is 17.9 Å². The van der Waals surface area contributed by atoms with Gasteiger partial charge in [0.05, 0.1) is 12.0 Å². The van der Waals surface area contributed by atoms with Crippen molar-refractivity contribution in [3.05, 3.63) is 45.2 Å². The van der Waals surface area contributed by atoms with Gasteiger partial charge in [-0.25, -0.2) is 4.98 Å². The van der Waals surface area contributed by atoms with Crippen molar-refractivity contribution in [1.29, 1.82) is 0 Å². The molecule has 7 heteroatoms. The van der Waals surface area contributed by atoms with E-state index in [1.54, 1.807) is 24.3 Å². The normalized spacial score (nSPS) is 10.4. The number of hydrogen-bond acceptors (Lipinski definition) is 4. The van der Waals surface area contributed by atoms with Crippen molar-refractivity contribution in [3.8, 4) is 11.4 Å². The van der Waals surface area contributed by atoms with Crippen LogP contribution < -0.4 is 11.3 Å². The highest BCUT2D eigenvalue weighted by molar-refractivity contribution is 6.30. The highest BCUT2D eigenvalue weighted by atomic mass is 35.5. The van der Waals surface area contributed by atoms with E-state index in [1.807, 2.05) is 0 Å². The van der Waals surface area contributed by atoms with Gasteiger partial charge in [-0.1, -0.05) is 23.7 Å². The average molecular weight is 280 g/mol. The number of benzene rings is 1. The van der Waals surface area contributed by atoms with Gasteiger partial charge in [-0.3, -0.25) is 9.59 Å². The molecule has 0 unspecified atom stereocenters. The molecule has 0 saturated carbocycles. The first-order valence-corrected chi connectivity index (χ1v) is 5.71. The lowest BCUT2D eigenvalue weighted by Gasteiger charge is -2.05. The highest BCUT2D eigenvalue weighted by Gasteiger charge is 2.13. The van der Waals surface area contributed by atoms with Crippen molar-refractivity contribution in [1.82, 2.24) is 9.97 Å². The quantitative estimate of drug-likeness (QED) is 0.784. The van der Waals surface area contributed by atoms with E-state index in [0.29, 0.717) is 10.6 Å². The van der Waals surface area contributed by atoms with Crippen LogP contribution in [0.5, 0.6) is 0 Å². The molecule has 0 spiro atoms. The Morgan fingerprint density at radius 1 is 1.47 bits per heavy atom. The van der Waals surface area contributed by atoms with Crippen LogP contribution >= 0.6 is 11.6 Å². The molecule has 0 bridgehead atoms. The Labute approximate surface area is 112 Å². The number of aromatic amines is 1. The Balaban J connectivity index is 2.51. The van der Waals surface area contributed by atoms with Crippen molar-refractivity contribution in [2.45, 2.75) is 6.42 Å². The number of H-pyrrole nitrogens is 1. The van der Waals surface area contributed by atoms with Crippen LogP contribution in [0.4, 0.5) is 5.82 Å². The van der Waals surface area contributed by atoms with Crippen molar-refractivity contribution in [2.75, 3.05) is 5.73 Å². The lowest BCUT2D eigenvalue weighted by molar-refractivity contribution is -0.136. The number of halogens is 1. The minimum atomic E-state index is -1.14. The SMILES string of the molecule is Nc1nc(-c2cccc(Cl)c2)[nH]c(=O)c1CC(=O)O. The molecule has 1 heterocycles. The largest absolute Gasteiger partial charge is 0.481 e. The van der Waals surface area contributed by atoms with Crippen molar-refractivity contribution >= 4 is 23.4 Å². The van der Waals surface area contributed by atoms with Gasteiger partial charge in [-0.15, -0.1) is 0 Å². The molecule has 6 nitrogen and oxygen atoms in total. The fourth-order valence-corrected chi connectivity index (χ4v) is 1.80. The lowest BCUT2D eigenvalue weighted by Crippen LogP contribution is -2.21. The molecule has 0 aliphatic heterocycles. The van der Waals surface area contributed by atoms with E-state index in [1.165, 1.54) is 0 Å². The number of nitrogens with two attached hydrogens (primary N) is 1. The van der Waals surface area contributed by atoms with Crippen LogP contribution in [0.25, 0.3) is 11.4 Å². The number of rotatable bonds is 3. The average Bonchev–Trinajstić information content (AvgIpc) is 2.33. The van der Waals surface area contributed by atoms with Crippen molar-refractivity contribution in [3.63, 3.8) is 0 Å². The van der Waals surface area contributed by atoms with Gasteiger partial charge in [-0.05, 0) is 12.1 Å². The third-order valence-electron chi connectivity index (χ3n) is 2.47. The second kappa shape index (κ2) is 5.11. The number of aliphatic carboxylic acids is 1. The summed E-state index contributed by atoms with van der Waals surface area (Å²) >= 11 is 5.85. The molecule has 2 aromatic rings. The van der Waals surface area contributed by atoms with Gasteiger partial charge in [0, 0.05) is 10.6 Å². The predicted molar refractivity (Wildman–Crippen MR) is 71.1 cm³/mol. The third-order valence-corrected chi connectivity index (χ3v) is 2.71. The Kier molecular flexibility index (Phi) is 3.52. The maximum atomic E-state index is 11.8. The Morgan fingerprint density at radius 2 is 2.21 bits per heavy atom. The molecule has 1 aromatic carbocycles. The van der Waals surface area contributed by atoms with Crippen LogP contribution in [-0.4, -0.2) is 21.0 Å². The van der Waals surface area contributed by atoms with Gasteiger partial charge in [0.2, 0.25) is 0 Å². The number of carboxylic acid groups (broad SMARTS) is 1. The number of aromatic nitrogens is 2. The zero-order chi connectivity index (χ0) is 14.0. The molecule has 0 saturated heterocycles. The molecule has 2 rings (SSSR count). The molecule has 4 N–H and O–H groups in total. The summed E-state index contributed by atoms with van der Waals surface area (Å²) in [6, 6.07) is 6.72. The van der Waals surface area contributed by atoms with Gasteiger partial charge in [0.1, 0.15) is 11.6 Å². The predicted octanol–water partition coefficient (Wildman–Crippen LogP) is 1.30. The molecule has 0 aliphatic carbocycles. The summed E-state index contributed by atoms with van der Waals surface area (Å²) in [6.45, 7) is 0. The van der Waals surface area contributed by atoms with Gasteiger partial charge < -0.3 is 15.8 Å². The number of nitrogens with one attached hydrogen (secondary N) is 1. The van der Waals surface area contributed by atoms with Gasteiger partial charge in [0.15, 0.2) is 0 Å². The summed E-state index contributed by atoms with van der Waals surface area (Å²) in [4.78, 5) is 28.9. The third kappa shape index (κ3) is 2.92. The van der Waals surface area contributed by atoms with Crippen LogP contribution in [0, 0.1) is 0 Å². The van der Waals surface area contributed by atoms with Crippen LogP contribution in [0.3, 0.4) is 0 Å². The fraction of sp³-hybridized carbons (Fsp3) is 0.0833. The summed E-state index contributed by atoms with van der Waals surface area (Å²) in [7, 11) is 0. The van der Waals surface area contributed by atoms with Crippen LogP contribution in [0.1, 0.15) is 5.56 Å². The monoisotopic (exact) mass is 279 g/mol. The van der Waals surface area contributed by atoms with Gasteiger partial charge >= 0.3 is 5.97 Å². The zero-order valence-corrected chi connectivity index (χ0v) is 10.4. The number of nitrogens with zero attached hydrogens (tertiary/aromatic N) is 1. The summed E-state index contributed by atoms with van der Waals surface area (Å²) in [5.41, 5.74) is 5.59. The number of anilines is 1. The van der Waals surface area contributed by atoms with E-state index in [4.69, 9.17) is 22.4 Å². The molecular weight excluding hydrogens is 270 g/mol. The summed E-state index contributed by atoms with van der Waals surface area (Å²) < 4.78 is 0. The maximum absolute atomic E-state index is 11.8. The Morgan fingerprint density at radius 3 is 2.79 bits per heavy atom. The number of carbonyl (C=O) groups is 1. The molecule has 1 aromatic heterocycles. The summed E-state index contributed by atoms with van der Waals surface area (Å²) in [6.07, 6.45) is -0.468. The van der Waals surface area contributed by atoms with E-state index >= 15 is 0 Å². The molecule has 0 atom stereocenters. The molecule has 19 heavy (non-hydrogen) atoms. The smallest absolute Gasteiger partial charge is 0.308 e. The van der Waals surface area contributed by atoms with Gasteiger partial charge in [0.25, 0.3) is 5.56 Å². The second-order valence-corrected chi connectivity index (χ2v) is 4.30. The summed E-state index contributed by atoms with van der Waals surface area (Å²) in [5, 5.41) is 9.18. The molecular formula is C12H10ClN3O3. The number of carboxylic acids is 1. The first kappa shape index (κ1) is 13.1.